The van der Waals surface area contributed by atoms with Gasteiger partial charge in [0, 0.05) is 11.1 Å². The minimum absolute atomic E-state index is 0.235. The van der Waals surface area contributed by atoms with Crippen molar-refractivity contribution in [2.45, 2.75) is 20.0 Å². The van der Waals surface area contributed by atoms with Crippen molar-refractivity contribution < 1.29 is 32.3 Å². The zero-order valence-corrected chi connectivity index (χ0v) is 17.0. The molecule has 2 aromatic carbocycles. The number of hydrogen-bond donors (Lipinski definition) is 2. The van der Waals surface area contributed by atoms with Crippen molar-refractivity contribution in [1.29, 1.82) is 0 Å². The van der Waals surface area contributed by atoms with Gasteiger partial charge in [-0.05, 0) is 38.1 Å². The first-order valence-electron chi connectivity index (χ1n) is 9.45. The average molecular weight is 445 g/mol. The third kappa shape index (κ3) is 5.02. The second kappa shape index (κ2) is 9.46. The number of fused-ring (bicyclic) bond motifs is 1. The molecule has 2 amide bonds. The Balaban J connectivity index is 1.59. The molecule has 0 spiro atoms. The second-order valence-electron chi connectivity index (χ2n) is 6.86. The van der Waals surface area contributed by atoms with E-state index in [1.807, 2.05) is 5.32 Å². The van der Waals surface area contributed by atoms with Gasteiger partial charge < -0.3 is 15.4 Å². The van der Waals surface area contributed by atoms with E-state index in [9.17, 15) is 27.6 Å². The third-order valence-corrected chi connectivity index (χ3v) is 4.45. The smallest absolute Gasteiger partial charge is 0.339 e. The molecule has 0 fully saturated rings. The number of para-hydroxylation sites is 1. The number of nitrogens with zero attached hydrogens (tertiary/aromatic N) is 1. The Hall–Kier alpha value is -3.95. The van der Waals surface area contributed by atoms with Gasteiger partial charge in [-0.25, -0.2) is 18.0 Å². The van der Waals surface area contributed by atoms with Gasteiger partial charge in [0.25, 0.3) is 5.91 Å². The Kier molecular flexibility index (Phi) is 6.72. The van der Waals surface area contributed by atoms with Crippen molar-refractivity contribution in [3.8, 4) is 0 Å². The molecule has 3 aromatic rings. The van der Waals surface area contributed by atoms with E-state index in [0.717, 1.165) is 6.07 Å². The van der Waals surface area contributed by atoms with Crippen LogP contribution in [0.15, 0.2) is 42.5 Å². The number of benzene rings is 2. The molecule has 0 aliphatic rings. The van der Waals surface area contributed by atoms with Crippen molar-refractivity contribution in [3.05, 3.63) is 71.2 Å². The lowest BCUT2D eigenvalue weighted by Crippen LogP contribution is -2.40. The van der Waals surface area contributed by atoms with Gasteiger partial charge in [-0.15, -0.1) is 0 Å². The molecule has 0 radical (unpaired) electrons. The first kappa shape index (κ1) is 22.7. The molecule has 7 nitrogen and oxygen atoms in total. The van der Waals surface area contributed by atoms with Crippen molar-refractivity contribution in [2.24, 2.45) is 0 Å². The molecule has 0 bridgehead atoms. The summed E-state index contributed by atoms with van der Waals surface area (Å²) in [5.74, 6) is -7.12. The monoisotopic (exact) mass is 445 g/mol. The molecule has 166 valence electrons. The number of hydrogen-bond acceptors (Lipinski definition) is 5. The van der Waals surface area contributed by atoms with Gasteiger partial charge in [0.05, 0.1) is 23.3 Å². The highest BCUT2D eigenvalue weighted by Crippen LogP contribution is 2.20. The summed E-state index contributed by atoms with van der Waals surface area (Å²) in [6.45, 7) is 2.42. The van der Waals surface area contributed by atoms with Gasteiger partial charge in [0.1, 0.15) is 0 Å². The lowest BCUT2D eigenvalue weighted by atomic mass is 10.1. The highest BCUT2D eigenvalue weighted by molar-refractivity contribution is 6.04. The molecule has 1 heterocycles. The zero-order chi connectivity index (χ0) is 23.4. The molecule has 0 aliphatic heterocycles. The number of pyridine rings is 1. The Labute approximate surface area is 180 Å². The molecule has 3 rings (SSSR count). The number of nitrogens with one attached hydrogen (secondary N) is 2. The van der Waals surface area contributed by atoms with Crippen LogP contribution in [0.3, 0.4) is 0 Å². The summed E-state index contributed by atoms with van der Waals surface area (Å²) >= 11 is 0. The highest BCUT2D eigenvalue weighted by atomic mass is 19.2. The van der Waals surface area contributed by atoms with Crippen LogP contribution in [0.25, 0.3) is 10.9 Å². The Bertz CT molecular complexity index is 1220. The zero-order valence-electron chi connectivity index (χ0n) is 17.0. The summed E-state index contributed by atoms with van der Waals surface area (Å²) in [5.41, 5.74) is 0.841. The fraction of sp³-hybridized carbons (Fsp3) is 0.182. The Morgan fingerprint density at radius 3 is 2.53 bits per heavy atom. The quantitative estimate of drug-likeness (QED) is 0.449. The van der Waals surface area contributed by atoms with Crippen molar-refractivity contribution in [1.82, 2.24) is 10.3 Å². The number of aryl methyl sites for hydroxylation is 1. The lowest BCUT2D eigenvalue weighted by molar-refractivity contribution is -0.130. The van der Waals surface area contributed by atoms with Crippen LogP contribution < -0.4 is 10.6 Å². The minimum atomic E-state index is -1.73. The first-order chi connectivity index (χ1) is 15.2. The number of carbonyl (C=O) groups excluding carboxylic acids is 3. The van der Waals surface area contributed by atoms with E-state index in [1.54, 1.807) is 37.3 Å². The normalized spacial score (nSPS) is 11.7. The number of amides is 2. The van der Waals surface area contributed by atoms with Gasteiger partial charge in [-0.1, -0.05) is 18.2 Å². The molecule has 1 unspecified atom stereocenters. The predicted octanol–water partition coefficient (Wildman–Crippen LogP) is 3.26. The number of ether oxygens (including phenoxy) is 1. The van der Waals surface area contributed by atoms with Crippen LogP contribution in [0.5, 0.6) is 0 Å². The van der Waals surface area contributed by atoms with E-state index in [4.69, 9.17) is 4.74 Å². The fourth-order valence-corrected chi connectivity index (χ4v) is 2.88. The standard InChI is InChI=1S/C22H18F3N3O4/c1-11-9-14(13-5-3-4-6-16(13)27-11)22(31)32-12(2)21(30)26-10-18(29)28-17-8-7-15(23)19(24)20(17)25/h3-9,12H,10H2,1-2H3,(H,26,30)(H,28,29). The SMILES string of the molecule is Cc1cc(C(=O)OC(C)C(=O)NCC(=O)Nc2ccc(F)c(F)c2F)c2ccccc2n1. The van der Waals surface area contributed by atoms with Gasteiger partial charge >= 0.3 is 5.97 Å². The largest absolute Gasteiger partial charge is 0.449 e. The average Bonchev–Trinajstić information content (AvgIpc) is 2.77. The molecular formula is C22H18F3N3O4. The Morgan fingerprint density at radius 2 is 1.78 bits per heavy atom. The lowest BCUT2D eigenvalue weighted by Gasteiger charge is -2.15. The molecule has 1 atom stereocenters. The molecule has 32 heavy (non-hydrogen) atoms. The molecule has 1 aromatic heterocycles. The van der Waals surface area contributed by atoms with Crippen LogP contribution in [0.2, 0.25) is 0 Å². The summed E-state index contributed by atoms with van der Waals surface area (Å²) in [5, 5.41) is 4.80. The predicted molar refractivity (Wildman–Crippen MR) is 109 cm³/mol. The van der Waals surface area contributed by atoms with Gasteiger partial charge in [0.15, 0.2) is 23.6 Å². The van der Waals surface area contributed by atoms with Gasteiger partial charge in [0.2, 0.25) is 5.91 Å². The van der Waals surface area contributed by atoms with Gasteiger partial charge in [-0.2, -0.15) is 0 Å². The van der Waals surface area contributed by atoms with Crippen molar-refractivity contribution >= 4 is 34.4 Å². The highest BCUT2D eigenvalue weighted by Gasteiger charge is 2.22. The van der Waals surface area contributed by atoms with Crippen LogP contribution in [-0.4, -0.2) is 35.4 Å². The summed E-state index contributed by atoms with van der Waals surface area (Å²) in [6, 6.07) is 9.99. The van der Waals surface area contributed by atoms with Crippen LogP contribution in [0.4, 0.5) is 18.9 Å². The van der Waals surface area contributed by atoms with Crippen molar-refractivity contribution in [2.75, 3.05) is 11.9 Å². The molecule has 0 saturated heterocycles. The minimum Gasteiger partial charge on any atom is -0.449 e. The Morgan fingerprint density at radius 1 is 1.06 bits per heavy atom. The molecule has 0 aliphatic carbocycles. The summed E-state index contributed by atoms with van der Waals surface area (Å²) in [7, 11) is 0. The maximum atomic E-state index is 13.6. The number of carbonyl (C=O) groups is 3. The maximum Gasteiger partial charge on any atom is 0.339 e. The third-order valence-electron chi connectivity index (χ3n) is 4.45. The van der Waals surface area contributed by atoms with E-state index in [-0.39, 0.29) is 5.56 Å². The molecule has 10 heteroatoms. The summed E-state index contributed by atoms with van der Waals surface area (Å²) < 4.78 is 45.0. The topological polar surface area (TPSA) is 97.4 Å². The van der Waals surface area contributed by atoms with Crippen LogP contribution in [0, 0.1) is 24.4 Å². The second-order valence-corrected chi connectivity index (χ2v) is 6.86. The van der Waals surface area contributed by atoms with Crippen molar-refractivity contribution in [3.63, 3.8) is 0 Å². The summed E-state index contributed by atoms with van der Waals surface area (Å²) in [4.78, 5) is 41.0. The number of anilines is 1. The fourth-order valence-electron chi connectivity index (χ4n) is 2.88. The number of halogens is 3. The molecular weight excluding hydrogens is 427 g/mol. The summed E-state index contributed by atoms with van der Waals surface area (Å²) in [6.07, 6.45) is -1.25. The van der Waals surface area contributed by atoms with E-state index >= 15 is 0 Å². The number of esters is 1. The van der Waals surface area contributed by atoms with E-state index < -0.39 is 53.6 Å². The van der Waals surface area contributed by atoms with E-state index in [0.29, 0.717) is 22.7 Å². The number of aromatic nitrogens is 1. The van der Waals surface area contributed by atoms with E-state index in [2.05, 4.69) is 10.3 Å². The van der Waals surface area contributed by atoms with Crippen LogP contribution >= 0.6 is 0 Å². The number of rotatable bonds is 6. The maximum absolute atomic E-state index is 13.6. The van der Waals surface area contributed by atoms with Crippen LogP contribution in [-0.2, 0) is 14.3 Å². The molecule has 2 N–H and O–H groups in total. The van der Waals surface area contributed by atoms with Gasteiger partial charge in [-0.3, -0.25) is 14.6 Å². The molecule has 0 saturated carbocycles. The van der Waals surface area contributed by atoms with E-state index in [1.165, 1.54) is 6.92 Å². The van der Waals surface area contributed by atoms with Crippen LogP contribution in [0.1, 0.15) is 23.0 Å². The first-order valence-corrected chi connectivity index (χ1v) is 9.45.